The van der Waals surface area contributed by atoms with Crippen LogP contribution in [0.1, 0.15) is 11.8 Å². The van der Waals surface area contributed by atoms with Crippen LogP contribution in [0, 0.1) is 0 Å². The Labute approximate surface area is 114 Å². The zero-order valence-corrected chi connectivity index (χ0v) is 9.77. The monoisotopic (exact) mass is 190 g/mol. The fraction of sp³-hybridized carbons (Fsp3) is 0. The van der Waals surface area contributed by atoms with Gasteiger partial charge >= 0.3 is 57.4 Å². The fourth-order valence-corrected chi connectivity index (χ4v) is 0.713. The largest absolute Gasteiger partial charge is 1.00 e. The molecule has 0 fully saturated rings. The second kappa shape index (κ2) is 5.61. The van der Waals surface area contributed by atoms with Gasteiger partial charge in [-0.3, -0.25) is 4.79 Å². The summed E-state index contributed by atoms with van der Waals surface area (Å²) in [6.45, 7) is 0. The molecule has 58 valence electrons. The van der Waals surface area contributed by atoms with Gasteiger partial charge in [-0.1, -0.05) is 30.3 Å². The van der Waals surface area contributed by atoms with E-state index in [9.17, 15) is 9.59 Å². The Morgan fingerprint density at radius 2 is 1.67 bits per heavy atom. The molecule has 0 saturated heterocycles. The van der Waals surface area contributed by atoms with Crippen molar-refractivity contribution in [2.45, 2.75) is 0 Å². The number of aliphatic carboxylic acids is 1. The molecular formula is C8H7KO3. The Morgan fingerprint density at radius 3 is 2.08 bits per heavy atom. The minimum atomic E-state index is -1.42. The van der Waals surface area contributed by atoms with Crippen LogP contribution in [0.2, 0.25) is 0 Å². The average Bonchev–Trinajstić information content (AvgIpc) is 2.05. The molecular weight excluding hydrogens is 183 g/mol. The third-order valence-electron chi connectivity index (χ3n) is 1.23. The third kappa shape index (κ3) is 3.16. The Morgan fingerprint density at radius 1 is 1.17 bits per heavy atom. The van der Waals surface area contributed by atoms with Gasteiger partial charge in [0.25, 0.3) is 5.78 Å². The van der Waals surface area contributed by atoms with E-state index in [1.807, 2.05) is 0 Å². The summed E-state index contributed by atoms with van der Waals surface area (Å²) in [6.07, 6.45) is 0. The van der Waals surface area contributed by atoms with Crippen LogP contribution >= 0.6 is 0 Å². The molecule has 1 aromatic carbocycles. The van der Waals surface area contributed by atoms with Gasteiger partial charge in [0.05, 0.1) is 0 Å². The molecule has 12 heavy (non-hydrogen) atoms. The second-order valence-electron chi connectivity index (χ2n) is 2.00. The van der Waals surface area contributed by atoms with Gasteiger partial charge in [0.2, 0.25) is 0 Å². The van der Waals surface area contributed by atoms with Crippen molar-refractivity contribution >= 4 is 11.8 Å². The zero-order chi connectivity index (χ0) is 8.27. The van der Waals surface area contributed by atoms with Crippen molar-refractivity contribution in [2.24, 2.45) is 0 Å². The van der Waals surface area contributed by atoms with Crippen LogP contribution in [0.25, 0.3) is 0 Å². The topological polar surface area (TPSA) is 54.4 Å². The number of Topliss-reactive ketones (excluding diaryl/α,β-unsaturated/α-hetero) is 1. The van der Waals surface area contributed by atoms with Crippen LogP contribution in [0.3, 0.4) is 0 Å². The number of ketones is 1. The second-order valence-corrected chi connectivity index (χ2v) is 2.00. The van der Waals surface area contributed by atoms with E-state index in [4.69, 9.17) is 5.11 Å². The van der Waals surface area contributed by atoms with E-state index >= 15 is 0 Å². The van der Waals surface area contributed by atoms with E-state index in [0.717, 1.165) is 0 Å². The summed E-state index contributed by atoms with van der Waals surface area (Å²) in [4.78, 5) is 20.9. The van der Waals surface area contributed by atoms with Crippen molar-refractivity contribution in [1.29, 1.82) is 0 Å². The van der Waals surface area contributed by atoms with Crippen molar-refractivity contribution in [3.8, 4) is 0 Å². The number of carboxylic acid groups (broad SMARTS) is 1. The minimum absolute atomic E-state index is 0. The molecule has 0 aromatic heterocycles. The summed E-state index contributed by atoms with van der Waals surface area (Å²) in [7, 11) is 0. The van der Waals surface area contributed by atoms with Gasteiger partial charge in [-0.05, 0) is 0 Å². The van der Waals surface area contributed by atoms with E-state index < -0.39 is 11.8 Å². The molecule has 1 rings (SSSR count). The van der Waals surface area contributed by atoms with E-state index in [-0.39, 0.29) is 58.4 Å². The summed E-state index contributed by atoms with van der Waals surface area (Å²) in [6, 6.07) is 7.90. The average molecular weight is 190 g/mol. The quantitative estimate of drug-likeness (QED) is 0.336. The first kappa shape index (κ1) is 12.0. The molecule has 4 heteroatoms. The van der Waals surface area contributed by atoms with Crippen molar-refractivity contribution in [2.75, 3.05) is 0 Å². The van der Waals surface area contributed by atoms with Gasteiger partial charge in [-0.25, -0.2) is 4.79 Å². The normalized spacial score (nSPS) is 8.33. The van der Waals surface area contributed by atoms with Gasteiger partial charge in [-0.2, -0.15) is 0 Å². The Hall–Kier alpha value is -0.00364. The van der Waals surface area contributed by atoms with Crippen molar-refractivity contribution in [1.82, 2.24) is 0 Å². The maximum Gasteiger partial charge on any atom is 1.00 e. The predicted octanol–water partition coefficient (Wildman–Crippen LogP) is -1.93. The van der Waals surface area contributed by atoms with E-state index in [0.29, 0.717) is 0 Å². The smallest absolute Gasteiger partial charge is 1.00 e. The van der Waals surface area contributed by atoms with Crippen LogP contribution in [-0.2, 0) is 4.79 Å². The molecule has 0 radical (unpaired) electrons. The molecule has 0 bridgehead atoms. The number of hydrogen-bond donors (Lipinski definition) is 1. The first-order valence-electron chi connectivity index (χ1n) is 3.04. The molecule has 0 atom stereocenters. The van der Waals surface area contributed by atoms with Crippen LogP contribution in [-0.4, -0.2) is 16.9 Å². The molecule has 0 unspecified atom stereocenters. The molecule has 1 aromatic rings. The molecule has 0 saturated carbocycles. The van der Waals surface area contributed by atoms with Gasteiger partial charge < -0.3 is 6.53 Å². The van der Waals surface area contributed by atoms with Gasteiger partial charge in [0.1, 0.15) is 0 Å². The van der Waals surface area contributed by atoms with Crippen molar-refractivity contribution in [3.63, 3.8) is 0 Å². The summed E-state index contributed by atoms with van der Waals surface area (Å²) < 4.78 is 0. The van der Waals surface area contributed by atoms with Gasteiger partial charge in [-0.15, -0.1) is 0 Å². The number of carbonyl (C=O) groups is 2. The number of benzene rings is 1. The number of carboxylic acids is 1. The maximum atomic E-state index is 10.7. The predicted molar refractivity (Wildman–Crippen MR) is 39.5 cm³/mol. The Balaban J connectivity index is 0. The number of carbonyl (C=O) groups excluding carboxylic acids is 1. The van der Waals surface area contributed by atoms with Crippen molar-refractivity contribution in [3.05, 3.63) is 35.9 Å². The molecule has 0 aliphatic heterocycles. The van der Waals surface area contributed by atoms with Crippen LogP contribution in [0.4, 0.5) is 0 Å². The summed E-state index contributed by atoms with van der Waals surface area (Å²) >= 11 is 0. The van der Waals surface area contributed by atoms with Gasteiger partial charge in [0, 0.05) is 5.56 Å². The molecule has 3 nitrogen and oxygen atoms in total. The minimum Gasteiger partial charge on any atom is -1.00 e. The first-order valence-corrected chi connectivity index (χ1v) is 3.04. The standard InChI is InChI=1S/C8H6O3.K.H/c9-7(8(10)11)6-4-2-1-3-5-6;;/h1-5H,(H,10,11);;/q;+1;-1. The summed E-state index contributed by atoms with van der Waals surface area (Å²) in [5.74, 6) is -2.29. The Bertz CT molecular complexity index is 287. The SMILES string of the molecule is O=C(O)C(=O)c1ccccc1.[H-].[K+]. The number of rotatable bonds is 2. The number of hydrogen-bond acceptors (Lipinski definition) is 2. The zero-order valence-electron chi connectivity index (χ0n) is 7.65. The summed E-state index contributed by atoms with van der Waals surface area (Å²) in [5, 5.41) is 8.29. The molecule has 0 aliphatic rings. The molecule has 0 spiro atoms. The van der Waals surface area contributed by atoms with Gasteiger partial charge in [0.15, 0.2) is 0 Å². The fourth-order valence-electron chi connectivity index (χ4n) is 0.713. The van der Waals surface area contributed by atoms with Crippen LogP contribution in [0.15, 0.2) is 30.3 Å². The first-order chi connectivity index (χ1) is 5.22. The van der Waals surface area contributed by atoms with E-state index in [1.165, 1.54) is 12.1 Å². The molecule has 1 N–H and O–H groups in total. The van der Waals surface area contributed by atoms with Crippen molar-refractivity contribution < 1.29 is 67.5 Å². The van der Waals surface area contributed by atoms with E-state index in [1.54, 1.807) is 18.2 Å². The molecule has 0 heterocycles. The van der Waals surface area contributed by atoms with E-state index in [2.05, 4.69) is 0 Å². The third-order valence-corrected chi connectivity index (χ3v) is 1.23. The van der Waals surface area contributed by atoms with Crippen LogP contribution in [0.5, 0.6) is 0 Å². The molecule has 0 aliphatic carbocycles. The van der Waals surface area contributed by atoms with Crippen LogP contribution < -0.4 is 51.4 Å². The summed E-state index contributed by atoms with van der Waals surface area (Å²) in [5.41, 5.74) is 0.208. The Kier molecular flexibility index (Phi) is 5.61. The maximum absolute atomic E-state index is 10.7. The molecule has 0 amide bonds.